The molecule has 4 rings (SSSR count). The molecule has 186 valence electrons. The summed E-state index contributed by atoms with van der Waals surface area (Å²) in [6.45, 7) is 0. The van der Waals surface area contributed by atoms with Gasteiger partial charge in [-0.05, 0) is 70.8 Å². The molecule has 0 aliphatic carbocycles. The van der Waals surface area contributed by atoms with Crippen molar-refractivity contribution in [3.05, 3.63) is 60.7 Å². The van der Waals surface area contributed by atoms with Crippen molar-refractivity contribution >= 4 is 0 Å². The van der Waals surface area contributed by atoms with Gasteiger partial charge in [0.2, 0.25) is 0 Å². The first-order chi connectivity index (χ1) is 17.3. The second-order valence-electron chi connectivity index (χ2n) is 7.92. The van der Waals surface area contributed by atoms with Crippen LogP contribution in [-0.4, -0.2) is 48.9 Å². The van der Waals surface area contributed by atoms with Gasteiger partial charge in [0.05, 0.1) is 28.4 Å². The maximum Gasteiger partial charge on any atom is 0.165 e. The molecule has 0 radical (unpaired) electrons. The van der Waals surface area contributed by atoms with Crippen LogP contribution in [0.5, 0.6) is 46.0 Å². The molecule has 0 saturated heterocycles. The van der Waals surface area contributed by atoms with Gasteiger partial charge in [-0.3, -0.25) is 0 Å². The number of phenols is 4. The van der Waals surface area contributed by atoms with Crippen LogP contribution in [0.15, 0.2) is 60.7 Å². The summed E-state index contributed by atoms with van der Waals surface area (Å²) >= 11 is 0. The largest absolute Gasteiger partial charge is 0.504 e. The van der Waals surface area contributed by atoms with E-state index in [1.165, 1.54) is 40.6 Å². The predicted octanol–water partition coefficient (Wildman–Crippen LogP) is 5.54. The van der Waals surface area contributed by atoms with E-state index in [4.69, 9.17) is 18.9 Å². The van der Waals surface area contributed by atoms with Crippen molar-refractivity contribution in [1.29, 1.82) is 0 Å². The molecule has 0 spiro atoms. The summed E-state index contributed by atoms with van der Waals surface area (Å²) in [5, 5.41) is 41.9. The zero-order valence-corrected chi connectivity index (χ0v) is 20.2. The first-order valence-corrected chi connectivity index (χ1v) is 10.9. The standard InChI is InChI=1S/C28H26O8/c1-33-23-11-15(5-7-21(23)29)17-9-20(28(32)25(13-17)35-3)18-10-19(27(31)26(14-18)36-4)16-6-8-22(30)24(12-16)34-2/h5-14,29-32H,1-4H3. The van der Waals surface area contributed by atoms with Gasteiger partial charge in [0.1, 0.15) is 0 Å². The summed E-state index contributed by atoms with van der Waals surface area (Å²) in [6, 6.07) is 16.3. The third kappa shape index (κ3) is 4.36. The Morgan fingerprint density at radius 2 is 0.806 bits per heavy atom. The smallest absolute Gasteiger partial charge is 0.165 e. The van der Waals surface area contributed by atoms with Gasteiger partial charge in [-0.15, -0.1) is 0 Å². The van der Waals surface area contributed by atoms with Gasteiger partial charge in [0.25, 0.3) is 0 Å². The summed E-state index contributed by atoms with van der Waals surface area (Å²) < 4.78 is 21.3. The van der Waals surface area contributed by atoms with Crippen molar-refractivity contribution < 1.29 is 39.4 Å². The molecule has 0 amide bonds. The summed E-state index contributed by atoms with van der Waals surface area (Å²) in [5.74, 6) is 0.709. The second kappa shape index (κ2) is 9.87. The molecule has 0 atom stereocenters. The van der Waals surface area contributed by atoms with Gasteiger partial charge < -0.3 is 39.4 Å². The third-order valence-corrected chi connectivity index (χ3v) is 5.90. The monoisotopic (exact) mass is 490 g/mol. The van der Waals surface area contributed by atoms with E-state index in [2.05, 4.69) is 0 Å². The summed E-state index contributed by atoms with van der Waals surface area (Å²) in [7, 11) is 5.78. The van der Waals surface area contributed by atoms with E-state index in [-0.39, 0.29) is 40.2 Å². The minimum absolute atomic E-state index is 0.00413. The molecule has 0 fully saturated rings. The number of ether oxygens (including phenoxy) is 4. The van der Waals surface area contributed by atoms with Crippen molar-refractivity contribution in [1.82, 2.24) is 0 Å². The van der Waals surface area contributed by atoms with Crippen LogP contribution in [0.3, 0.4) is 0 Å². The minimum Gasteiger partial charge on any atom is -0.504 e. The fourth-order valence-electron chi connectivity index (χ4n) is 3.99. The van der Waals surface area contributed by atoms with Gasteiger partial charge in [0.15, 0.2) is 46.0 Å². The highest BCUT2D eigenvalue weighted by atomic mass is 16.5. The molecule has 8 heteroatoms. The van der Waals surface area contributed by atoms with E-state index >= 15 is 0 Å². The maximum absolute atomic E-state index is 11.0. The fourth-order valence-corrected chi connectivity index (χ4v) is 3.99. The Labute approximate surface area is 208 Å². The Bertz CT molecular complexity index is 1430. The summed E-state index contributed by atoms with van der Waals surface area (Å²) in [5.41, 5.74) is 3.33. The van der Waals surface area contributed by atoms with E-state index in [9.17, 15) is 20.4 Å². The van der Waals surface area contributed by atoms with E-state index in [0.29, 0.717) is 33.6 Å². The van der Waals surface area contributed by atoms with Crippen molar-refractivity contribution in [2.24, 2.45) is 0 Å². The molecule has 0 aliphatic rings. The minimum atomic E-state index is -0.111. The van der Waals surface area contributed by atoms with Gasteiger partial charge in [-0.1, -0.05) is 12.1 Å². The normalized spacial score (nSPS) is 10.7. The molecule has 0 aliphatic heterocycles. The second-order valence-corrected chi connectivity index (χ2v) is 7.92. The first kappa shape index (κ1) is 24.4. The number of hydrogen-bond acceptors (Lipinski definition) is 8. The zero-order chi connectivity index (χ0) is 26.0. The molecule has 4 aromatic carbocycles. The quantitative estimate of drug-likeness (QED) is 0.267. The lowest BCUT2D eigenvalue weighted by Gasteiger charge is -2.17. The van der Waals surface area contributed by atoms with Gasteiger partial charge in [-0.2, -0.15) is 0 Å². The van der Waals surface area contributed by atoms with Crippen molar-refractivity contribution in [3.63, 3.8) is 0 Å². The SMILES string of the molecule is COc1cc(-c2cc(OC)c(O)c(-c3cc(OC)c(O)c(-c4ccc(O)c(OC)c4)c3)c2)ccc1O. The number of aromatic hydroxyl groups is 4. The molecule has 0 aromatic heterocycles. The molecule has 4 aromatic rings. The lowest BCUT2D eigenvalue weighted by atomic mass is 9.93. The highest BCUT2D eigenvalue weighted by molar-refractivity contribution is 5.87. The van der Waals surface area contributed by atoms with Gasteiger partial charge >= 0.3 is 0 Å². The van der Waals surface area contributed by atoms with Crippen LogP contribution in [0, 0.1) is 0 Å². The summed E-state index contributed by atoms with van der Waals surface area (Å²) in [6.07, 6.45) is 0. The fraction of sp³-hybridized carbons (Fsp3) is 0.143. The number of methoxy groups -OCH3 is 4. The average molecular weight is 491 g/mol. The molecule has 0 unspecified atom stereocenters. The Hall–Kier alpha value is -4.72. The number of benzene rings is 4. The maximum atomic E-state index is 11.0. The van der Waals surface area contributed by atoms with E-state index < -0.39 is 0 Å². The Morgan fingerprint density at radius 1 is 0.417 bits per heavy atom. The van der Waals surface area contributed by atoms with Crippen molar-refractivity contribution in [3.8, 4) is 79.4 Å². The van der Waals surface area contributed by atoms with Crippen molar-refractivity contribution in [2.45, 2.75) is 0 Å². The molecule has 0 bridgehead atoms. The molecule has 8 nitrogen and oxygen atoms in total. The number of rotatable bonds is 7. The van der Waals surface area contributed by atoms with Crippen LogP contribution in [0.25, 0.3) is 33.4 Å². The van der Waals surface area contributed by atoms with E-state index in [0.717, 1.165) is 5.56 Å². The predicted molar refractivity (Wildman–Crippen MR) is 136 cm³/mol. The van der Waals surface area contributed by atoms with Crippen LogP contribution in [0.4, 0.5) is 0 Å². The zero-order valence-electron chi connectivity index (χ0n) is 20.2. The van der Waals surface area contributed by atoms with E-state index in [1.807, 2.05) is 0 Å². The molecule has 4 N–H and O–H groups in total. The average Bonchev–Trinajstić information content (AvgIpc) is 2.89. The molecule has 0 saturated carbocycles. The van der Waals surface area contributed by atoms with Crippen LogP contribution in [-0.2, 0) is 0 Å². The number of hydrogen-bond donors (Lipinski definition) is 4. The Kier molecular flexibility index (Phi) is 6.69. The summed E-state index contributed by atoms with van der Waals surface area (Å²) in [4.78, 5) is 0. The van der Waals surface area contributed by atoms with Gasteiger partial charge in [0, 0.05) is 11.1 Å². The molecule has 0 heterocycles. The van der Waals surface area contributed by atoms with Crippen LogP contribution in [0.2, 0.25) is 0 Å². The number of phenolic OH excluding ortho intramolecular Hbond substituents is 4. The highest BCUT2D eigenvalue weighted by Crippen LogP contribution is 2.47. The highest BCUT2D eigenvalue weighted by Gasteiger charge is 2.20. The van der Waals surface area contributed by atoms with Crippen LogP contribution >= 0.6 is 0 Å². The lowest BCUT2D eigenvalue weighted by Crippen LogP contribution is -1.93. The lowest BCUT2D eigenvalue weighted by molar-refractivity contribution is 0.372. The van der Waals surface area contributed by atoms with Crippen LogP contribution in [0.1, 0.15) is 0 Å². The molecular weight excluding hydrogens is 464 g/mol. The Morgan fingerprint density at radius 3 is 1.33 bits per heavy atom. The van der Waals surface area contributed by atoms with E-state index in [1.54, 1.807) is 48.5 Å². The Balaban J connectivity index is 1.95. The third-order valence-electron chi connectivity index (χ3n) is 5.90. The topological polar surface area (TPSA) is 118 Å². The van der Waals surface area contributed by atoms with Crippen LogP contribution < -0.4 is 18.9 Å². The first-order valence-electron chi connectivity index (χ1n) is 10.9. The van der Waals surface area contributed by atoms with Gasteiger partial charge in [-0.25, -0.2) is 0 Å². The molecular formula is C28H26O8. The van der Waals surface area contributed by atoms with Crippen molar-refractivity contribution in [2.75, 3.05) is 28.4 Å². The molecule has 36 heavy (non-hydrogen) atoms.